The van der Waals surface area contributed by atoms with Gasteiger partial charge < -0.3 is 0 Å². The Labute approximate surface area is 81.8 Å². The molecule has 1 saturated carbocycles. The number of rotatable bonds is 2. The van der Waals surface area contributed by atoms with E-state index in [2.05, 4.69) is 0 Å². The molecule has 0 spiro atoms. The lowest BCUT2D eigenvalue weighted by Gasteiger charge is -2.06. The summed E-state index contributed by atoms with van der Waals surface area (Å²) >= 11 is 0. The van der Waals surface area contributed by atoms with E-state index in [1.165, 1.54) is 6.07 Å². The summed E-state index contributed by atoms with van der Waals surface area (Å²) in [4.78, 5) is -0.331. The Morgan fingerprint density at radius 2 is 2.00 bits per heavy atom. The first-order chi connectivity index (χ1) is 6.50. The molecule has 2 rings (SSSR count). The van der Waals surface area contributed by atoms with Gasteiger partial charge in [0.1, 0.15) is 10.7 Å². The first-order valence-electron chi connectivity index (χ1n) is 4.31. The SMILES string of the molecule is NS(=O)(=O)c1c(F)cccc1C1CC1. The lowest BCUT2D eigenvalue weighted by atomic mass is 10.1. The Bertz CT molecular complexity index is 466. The van der Waals surface area contributed by atoms with Crippen molar-refractivity contribution < 1.29 is 12.8 Å². The van der Waals surface area contributed by atoms with E-state index in [0.717, 1.165) is 18.9 Å². The summed E-state index contributed by atoms with van der Waals surface area (Å²) in [6, 6.07) is 4.25. The van der Waals surface area contributed by atoms with Gasteiger partial charge in [-0.25, -0.2) is 17.9 Å². The second-order valence-corrected chi connectivity index (χ2v) is 4.98. The molecule has 76 valence electrons. The van der Waals surface area contributed by atoms with E-state index in [-0.39, 0.29) is 10.8 Å². The number of primary sulfonamides is 1. The number of hydrogen-bond acceptors (Lipinski definition) is 2. The van der Waals surface area contributed by atoms with Gasteiger partial charge in [-0.1, -0.05) is 12.1 Å². The van der Waals surface area contributed by atoms with E-state index in [1.807, 2.05) is 0 Å². The van der Waals surface area contributed by atoms with E-state index in [1.54, 1.807) is 6.07 Å². The van der Waals surface area contributed by atoms with Gasteiger partial charge in [0.25, 0.3) is 0 Å². The second kappa shape index (κ2) is 3.03. The highest BCUT2D eigenvalue weighted by molar-refractivity contribution is 7.89. The topological polar surface area (TPSA) is 60.2 Å². The molecule has 0 bridgehead atoms. The highest BCUT2D eigenvalue weighted by atomic mass is 32.2. The second-order valence-electron chi connectivity index (χ2n) is 3.48. The van der Waals surface area contributed by atoms with Gasteiger partial charge >= 0.3 is 0 Å². The van der Waals surface area contributed by atoms with Crippen LogP contribution in [0.5, 0.6) is 0 Å². The summed E-state index contributed by atoms with van der Waals surface area (Å²) in [5.41, 5.74) is 0.521. The number of nitrogens with two attached hydrogens (primary N) is 1. The Hall–Kier alpha value is -0.940. The highest BCUT2D eigenvalue weighted by Crippen LogP contribution is 2.43. The zero-order chi connectivity index (χ0) is 10.3. The fourth-order valence-electron chi connectivity index (χ4n) is 1.54. The van der Waals surface area contributed by atoms with Crippen molar-refractivity contribution in [2.45, 2.75) is 23.7 Å². The molecule has 2 N–H and O–H groups in total. The Morgan fingerprint density at radius 1 is 1.36 bits per heavy atom. The molecule has 0 aliphatic heterocycles. The molecule has 0 unspecified atom stereocenters. The average molecular weight is 215 g/mol. The van der Waals surface area contributed by atoms with E-state index in [4.69, 9.17) is 5.14 Å². The molecular weight excluding hydrogens is 205 g/mol. The number of hydrogen-bond donors (Lipinski definition) is 1. The molecule has 0 radical (unpaired) electrons. The standard InChI is InChI=1S/C9H10FNO2S/c10-8-3-1-2-7(6-4-5-6)9(8)14(11,12)13/h1-3,6H,4-5H2,(H2,11,12,13). The molecule has 1 aromatic carbocycles. The number of benzene rings is 1. The summed E-state index contributed by atoms with van der Waals surface area (Å²) in [6.07, 6.45) is 1.82. The Balaban J connectivity index is 2.65. The molecule has 0 amide bonds. The summed E-state index contributed by atoms with van der Waals surface area (Å²) in [5.74, 6) is -0.587. The van der Waals surface area contributed by atoms with Gasteiger partial charge in [-0.3, -0.25) is 0 Å². The maximum Gasteiger partial charge on any atom is 0.241 e. The Morgan fingerprint density at radius 3 is 2.50 bits per heavy atom. The minimum absolute atomic E-state index is 0.166. The predicted octanol–water partition coefficient (Wildman–Crippen LogP) is 1.35. The van der Waals surface area contributed by atoms with Gasteiger partial charge in [0, 0.05) is 0 Å². The molecule has 1 aliphatic carbocycles. The number of sulfonamides is 1. The maximum absolute atomic E-state index is 13.3. The van der Waals surface area contributed by atoms with E-state index < -0.39 is 15.8 Å². The average Bonchev–Trinajstić information content (AvgIpc) is 2.83. The van der Waals surface area contributed by atoms with Crippen molar-refractivity contribution in [3.63, 3.8) is 0 Å². The van der Waals surface area contributed by atoms with Gasteiger partial charge in [-0.05, 0) is 30.4 Å². The summed E-state index contributed by atoms with van der Waals surface area (Å²) in [7, 11) is -3.94. The van der Waals surface area contributed by atoms with Crippen molar-refractivity contribution >= 4 is 10.0 Å². The van der Waals surface area contributed by atoms with Crippen LogP contribution in [-0.2, 0) is 10.0 Å². The van der Waals surface area contributed by atoms with E-state index >= 15 is 0 Å². The van der Waals surface area contributed by atoms with Gasteiger partial charge in [0.2, 0.25) is 10.0 Å². The molecule has 0 saturated heterocycles. The van der Waals surface area contributed by atoms with Crippen molar-refractivity contribution in [2.75, 3.05) is 0 Å². The lowest BCUT2D eigenvalue weighted by Crippen LogP contribution is -2.16. The van der Waals surface area contributed by atoms with E-state index in [9.17, 15) is 12.8 Å². The molecule has 5 heteroatoms. The summed E-state index contributed by atoms with van der Waals surface area (Å²) in [5, 5.41) is 4.96. The van der Waals surface area contributed by atoms with Crippen LogP contribution in [-0.4, -0.2) is 8.42 Å². The number of halogens is 1. The van der Waals surface area contributed by atoms with Crippen molar-refractivity contribution in [1.29, 1.82) is 0 Å². The first kappa shape index (κ1) is 9.61. The van der Waals surface area contributed by atoms with Crippen LogP contribution in [0.1, 0.15) is 24.3 Å². The third-order valence-electron chi connectivity index (χ3n) is 2.30. The molecule has 1 aromatic rings. The molecule has 1 aliphatic rings. The van der Waals surface area contributed by atoms with Crippen molar-refractivity contribution in [3.05, 3.63) is 29.6 Å². The molecule has 0 atom stereocenters. The summed E-state index contributed by atoms with van der Waals surface area (Å²) < 4.78 is 35.6. The van der Waals surface area contributed by atoms with Crippen molar-refractivity contribution in [2.24, 2.45) is 5.14 Å². The van der Waals surface area contributed by atoms with Crippen LogP contribution in [0, 0.1) is 5.82 Å². The third kappa shape index (κ3) is 1.65. The smallest absolute Gasteiger partial charge is 0.225 e. The van der Waals surface area contributed by atoms with Crippen LogP contribution in [0.2, 0.25) is 0 Å². The maximum atomic E-state index is 13.3. The lowest BCUT2D eigenvalue weighted by molar-refractivity contribution is 0.563. The molecule has 0 heterocycles. The highest BCUT2D eigenvalue weighted by Gasteiger charge is 2.30. The van der Waals surface area contributed by atoms with Gasteiger partial charge in [0.05, 0.1) is 0 Å². The van der Waals surface area contributed by atoms with Crippen LogP contribution >= 0.6 is 0 Å². The minimum atomic E-state index is -3.94. The van der Waals surface area contributed by atoms with Crippen molar-refractivity contribution in [1.82, 2.24) is 0 Å². The predicted molar refractivity (Wildman–Crippen MR) is 49.7 cm³/mol. The van der Waals surface area contributed by atoms with Crippen LogP contribution in [0.25, 0.3) is 0 Å². The fraction of sp³-hybridized carbons (Fsp3) is 0.333. The van der Waals surface area contributed by atoms with Crippen LogP contribution in [0.4, 0.5) is 4.39 Å². The van der Waals surface area contributed by atoms with Crippen LogP contribution in [0.3, 0.4) is 0 Å². The molecule has 14 heavy (non-hydrogen) atoms. The minimum Gasteiger partial charge on any atom is -0.225 e. The van der Waals surface area contributed by atoms with Crippen LogP contribution in [0.15, 0.2) is 23.1 Å². The largest absolute Gasteiger partial charge is 0.241 e. The third-order valence-corrected chi connectivity index (χ3v) is 3.30. The van der Waals surface area contributed by atoms with Gasteiger partial charge in [-0.2, -0.15) is 0 Å². The monoisotopic (exact) mass is 215 g/mol. The van der Waals surface area contributed by atoms with Crippen molar-refractivity contribution in [3.8, 4) is 0 Å². The fourth-order valence-corrected chi connectivity index (χ4v) is 2.44. The molecule has 1 fully saturated rings. The quantitative estimate of drug-likeness (QED) is 0.809. The zero-order valence-corrected chi connectivity index (χ0v) is 8.22. The van der Waals surface area contributed by atoms with E-state index in [0.29, 0.717) is 5.56 Å². The van der Waals surface area contributed by atoms with Crippen LogP contribution < -0.4 is 5.14 Å². The normalized spacial score (nSPS) is 17.0. The zero-order valence-electron chi connectivity index (χ0n) is 7.40. The first-order valence-corrected chi connectivity index (χ1v) is 5.86. The van der Waals surface area contributed by atoms with Gasteiger partial charge in [-0.15, -0.1) is 0 Å². The molecule has 0 aromatic heterocycles. The molecular formula is C9H10FNO2S. The Kier molecular flexibility index (Phi) is 2.08. The van der Waals surface area contributed by atoms with Gasteiger partial charge in [0.15, 0.2) is 0 Å². The summed E-state index contributed by atoms with van der Waals surface area (Å²) in [6.45, 7) is 0. The molecule has 3 nitrogen and oxygen atoms in total.